The zero-order chi connectivity index (χ0) is 36.4. The van der Waals surface area contributed by atoms with Gasteiger partial charge in [-0.2, -0.15) is 0 Å². The second-order valence-electron chi connectivity index (χ2n) is 15.4. The summed E-state index contributed by atoms with van der Waals surface area (Å²) in [6.45, 7) is 4.65. The Balaban J connectivity index is 1.07. The topological polar surface area (TPSA) is 30.7 Å². The molecule has 0 atom stereocenters. The molecule has 4 heteroatoms. The van der Waals surface area contributed by atoms with E-state index in [0.29, 0.717) is 0 Å². The molecule has 0 amide bonds. The molecule has 0 spiro atoms. The highest BCUT2D eigenvalue weighted by Gasteiger charge is 2.35. The van der Waals surface area contributed by atoms with Crippen molar-refractivity contribution >= 4 is 75.0 Å². The number of hydrogen-bond donors (Lipinski definition) is 0. The van der Waals surface area contributed by atoms with Crippen molar-refractivity contribution < 1.29 is 0 Å². The molecule has 3 aromatic heterocycles. The van der Waals surface area contributed by atoms with Gasteiger partial charge in [-0.15, -0.1) is 11.3 Å². The number of thiophene rings is 1. The minimum atomic E-state index is -0.104. The van der Waals surface area contributed by atoms with E-state index in [4.69, 9.17) is 9.97 Å². The van der Waals surface area contributed by atoms with Crippen molar-refractivity contribution in [3.8, 4) is 39.5 Å². The van der Waals surface area contributed by atoms with Gasteiger partial charge in [0.05, 0.1) is 16.7 Å². The van der Waals surface area contributed by atoms with E-state index in [2.05, 4.69) is 182 Å². The number of rotatable bonds is 3. The molecule has 0 fully saturated rings. The molecule has 258 valence electrons. The van der Waals surface area contributed by atoms with E-state index < -0.39 is 0 Å². The van der Waals surface area contributed by atoms with Gasteiger partial charge in [-0.1, -0.05) is 141 Å². The maximum absolute atomic E-state index is 5.44. The third-order valence-corrected chi connectivity index (χ3v) is 13.1. The lowest BCUT2D eigenvalue weighted by Crippen LogP contribution is -2.15. The van der Waals surface area contributed by atoms with Crippen molar-refractivity contribution in [3.05, 3.63) is 175 Å². The Labute approximate surface area is 321 Å². The lowest BCUT2D eigenvalue weighted by Gasteiger charge is -2.21. The minimum Gasteiger partial charge on any atom is -0.309 e. The highest BCUT2D eigenvalue weighted by Crippen LogP contribution is 2.50. The number of fused-ring (bicyclic) bond motifs is 12. The Kier molecular flexibility index (Phi) is 6.27. The monoisotopic (exact) mass is 719 g/mol. The van der Waals surface area contributed by atoms with Crippen molar-refractivity contribution in [2.75, 3.05) is 0 Å². The summed E-state index contributed by atoms with van der Waals surface area (Å²) in [6, 6.07) is 59.9. The van der Waals surface area contributed by atoms with Gasteiger partial charge < -0.3 is 4.57 Å². The van der Waals surface area contributed by atoms with Crippen LogP contribution in [0.25, 0.3) is 103 Å². The second kappa shape index (κ2) is 11.2. The van der Waals surface area contributed by atoms with Crippen LogP contribution in [0.2, 0.25) is 0 Å². The fraction of sp³-hybridized carbons (Fsp3) is 0.0588. The smallest absolute Gasteiger partial charge is 0.161 e. The first-order valence-corrected chi connectivity index (χ1v) is 19.7. The molecule has 3 heterocycles. The van der Waals surface area contributed by atoms with Crippen LogP contribution in [0, 0.1) is 0 Å². The zero-order valence-electron chi connectivity index (χ0n) is 30.3. The highest BCUT2D eigenvalue weighted by atomic mass is 32.1. The summed E-state index contributed by atoms with van der Waals surface area (Å²) < 4.78 is 3.67. The Morgan fingerprint density at radius 2 is 1.20 bits per heavy atom. The van der Waals surface area contributed by atoms with Crippen LogP contribution in [-0.4, -0.2) is 14.5 Å². The molecular weight excluding hydrogens is 687 g/mol. The molecule has 12 rings (SSSR count). The third kappa shape index (κ3) is 4.37. The average Bonchev–Trinajstić information content (AvgIpc) is 3.85. The zero-order valence-corrected chi connectivity index (χ0v) is 31.2. The molecule has 55 heavy (non-hydrogen) atoms. The van der Waals surface area contributed by atoms with Gasteiger partial charge in [0.1, 0.15) is 4.83 Å². The molecule has 0 radical (unpaired) electrons. The van der Waals surface area contributed by atoms with E-state index in [1.165, 1.54) is 75.7 Å². The van der Waals surface area contributed by atoms with Crippen LogP contribution in [0.3, 0.4) is 0 Å². The van der Waals surface area contributed by atoms with Gasteiger partial charge >= 0.3 is 0 Å². The highest BCUT2D eigenvalue weighted by molar-refractivity contribution is 7.25. The maximum atomic E-state index is 5.44. The molecule has 0 aliphatic heterocycles. The van der Waals surface area contributed by atoms with Crippen LogP contribution in [-0.2, 0) is 5.41 Å². The normalized spacial score (nSPS) is 13.4. The first kappa shape index (κ1) is 30.8. The molecule has 1 aliphatic carbocycles. The Bertz CT molecular complexity index is 3400. The van der Waals surface area contributed by atoms with Gasteiger partial charge in [0.2, 0.25) is 0 Å². The van der Waals surface area contributed by atoms with Gasteiger partial charge in [-0.25, -0.2) is 9.97 Å². The van der Waals surface area contributed by atoms with Crippen LogP contribution in [0.4, 0.5) is 0 Å². The van der Waals surface area contributed by atoms with Crippen molar-refractivity contribution in [2.45, 2.75) is 19.3 Å². The van der Waals surface area contributed by atoms with Crippen molar-refractivity contribution in [1.29, 1.82) is 0 Å². The van der Waals surface area contributed by atoms with Gasteiger partial charge in [0.15, 0.2) is 5.82 Å². The molecule has 0 bridgehead atoms. The molecule has 0 N–H and O–H groups in total. The number of nitrogens with zero attached hydrogens (tertiary/aromatic N) is 3. The third-order valence-electron chi connectivity index (χ3n) is 12.0. The molecule has 0 unspecified atom stereocenters. The first-order valence-electron chi connectivity index (χ1n) is 18.9. The summed E-state index contributed by atoms with van der Waals surface area (Å²) >= 11 is 1.75. The van der Waals surface area contributed by atoms with E-state index >= 15 is 0 Å². The number of benzene rings is 8. The van der Waals surface area contributed by atoms with Gasteiger partial charge in [0, 0.05) is 53.9 Å². The largest absolute Gasteiger partial charge is 0.309 e. The van der Waals surface area contributed by atoms with E-state index in [9.17, 15) is 0 Å². The Morgan fingerprint density at radius 3 is 2.05 bits per heavy atom. The van der Waals surface area contributed by atoms with Crippen LogP contribution in [0.5, 0.6) is 0 Å². The second-order valence-corrected chi connectivity index (χ2v) is 16.4. The summed E-state index contributed by atoms with van der Waals surface area (Å²) in [6.07, 6.45) is 0. The predicted octanol–water partition coefficient (Wildman–Crippen LogP) is 13.9. The summed E-state index contributed by atoms with van der Waals surface area (Å²) in [7, 11) is 0. The lowest BCUT2D eigenvalue weighted by atomic mass is 9.82. The van der Waals surface area contributed by atoms with Crippen molar-refractivity contribution in [1.82, 2.24) is 14.5 Å². The number of hydrogen-bond acceptors (Lipinski definition) is 3. The van der Waals surface area contributed by atoms with Crippen LogP contribution >= 0.6 is 11.3 Å². The van der Waals surface area contributed by atoms with E-state index in [1.807, 2.05) is 0 Å². The maximum Gasteiger partial charge on any atom is 0.161 e. The summed E-state index contributed by atoms with van der Waals surface area (Å²) in [4.78, 5) is 11.7. The molecule has 3 nitrogen and oxygen atoms in total. The molecule has 8 aromatic carbocycles. The van der Waals surface area contributed by atoms with E-state index in [-0.39, 0.29) is 5.41 Å². The van der Waals surface area contributed by atoms with Crippen LogP contribution in [0.15, 0.2) is 164 Å². The number of aromatic nitrogens is 3. The van der Waals surface area contributed by atoms with Crippen LogP contribution in [0.1, 0.15) is 25.0 Å². The van der Waals surface area contributed by atoms with Gasteiger partial charge in [-0.3, -0.25) is 0 Å². The quantitative estimate of drug-likeness (QED) is 0.182. The summed E-state index contributed by atoms with van der Waals surface area (Å²) in [5, 5.41) is 9.79. The molecule has 11 aromatic rings. The standard InChI is InChI=1S/C51H33N3S/c1-51(2)42-17-9-7-15-37(42)38-25-22-34(28-43(38)51)49-52-47(46-40-16-8-10-18-45(40)55-50(46)53-49)31-19-23-35(24-20-31)54-44-29-33-13-4-3-12-32(33)27-41(44)39-26-21-30-11-5-6-14-36(30)48(39)54/h3-29H,1-2H3. The van der Waals surface area contributed by atoms with Crippen molar-refractivity contribution in [2.24, 2.45) is 0 Å². The first-order chi connectivity index (χ1) is 27.0. The minimum absolute atomic E-state index is 0.104. The van der Waals surface area contributed by atoms with E-state index in [1.54, 1.807) is 11.3 Å². The summed E-state index contributed by atoms with van der Waals surface area (Å²) in [5.74, 6) is 0.758. The fourth-order valence-electron chi connectivity index (χ4n) is 9.30. The molecule has 1 aliphatic rings. The fourth-order valence-corrected chi connectivity index (χ4v) is 10.4. The lowest BCUT2D eigenvalue weighted by molar-refractivity contribution is 0.660. The SMILES string of the molecule is CC1(C)c2ccccc2-c2ccc(-c3nc(-c4ccc(-n5c6cc7ccccc7cc6c6ccc7ccccc7c65)cc4)c4c(n3)sc3ccccc34)cc21. The summed E-state index contributed by atoms with van der Waals surface area (Å²) in [5.41, 5.74) is 11.8. The Morgan fingerprint density at radius 1 is 0.509 bits per heavy atom. The molecular formula is C51H33N3S. The van der Waals surface area contributed by atoms with Crippen LogP contribution < -0.4 is 0 Å². The van der Waals surface area contributed by atoms with Crippen molar-refractivity contribution in [3.63, 3.8) is 0 Å². The Hall–Kier alpha value is -6.62. The van der Waals surface area contributed by atoms with E-state index in [0.717, 1.165) is 38.5 Å². The predicted molar refractivity (Wildman–Crippen MR) is 233 cm³/mol. The average molecular weight is 720 g/mol. The molecule has 0 saturated heterocycles. The van der Waals surface area contributed by atoms with Gasteiger partial charge in [-0.05, 0) is 74.8 Å². The van der Waals surface area contributed by atoms with Gasteiger partial charge in [0.25, 0.3) is 0 Å². The molecule has 0 saturated carbocycles.